The molecule has 2 aliphatic heterocycles. The summed E-state index contributed by atoms with van der Waals surface area (Å²) in [5.74, 6) is 2.80. The van der Waals surface area contributed by atoms with Gasteiger partial charge in [-0.1, -0.05) is 18.2 Å². The Hall–Kier alpha value is -2.57. The molecule has 7 heteroatoms. The van der Waals surface area contributed by atoms with E-state index >= 15 is 0 Å². The average molecular weight is 327 g/mol. The molecule has 24 heavy (non-hydrogen) atoms. The minimum atomic E-state index is -0.120. The number of urea groups is 1. The first-order valence-corrected chi connectivity index (χ1v) is 8.35. The Bertz CT molecular complexity index is 732. The summed E-state index contributed by atoms with van der Waals surface area (Å²) in [6, 6.07) is 7.88. The summed E-state index contributed by atoms with van der Waals surface area (Å²) in [6.45, 7) is 1.90. The van der Waals surface area contributed by atoms with Gasteiger partial charge in [0.15, 0.2) is 5.82 Å². The number of nitrogens with zero attached hydrogens (tertiary/aromatic N) is 4. The molecule has 0 saturated carbocycles. The first kappa shape index (κ1) is 15.0. The van der Waals surface area contributed by atoms with Crippen molar-refractivity contribution in [3.05, 3.63) is 41.5 Å². The number of benzene rings is 1. The zero-order valence-corrected chi connectivity index (χ0v) is 13.7. The van der Waals surface area contributed by atoms with Crippen LogP contribution in [-0.2, 0) is 25.9 Å². The van der Waals surface area contributed by atoms with E-state index in [2.05, 4.69) is 26.1 Å². The lowest BCUT2D eigenvalue weighted by atomic mass is 10.1. The van der Waals surface area contributed by atoms with Crippen LogP contribution in [0, 0.1) is 0 Å². The maximum Gasteiger partial charge on any atom is 0.317 e. The molecule has 1 atom stereocenters. The van der Waals surface area contributed by atoms with Gasteiger partial charge >= 0.3 is 6.03 Å². The molecule has 1 N–H and O–H groups in total. The molecule has 0 radical (unpaired) electrons. The second-order valence-corrected chi connectivity index (χ2v) is 6.38. The van der Waals surface area contributed by atoms with Crippen molar-refractivity contribution in [3.8, 4) is 5.75 Å². The van der Waals surface area contributed by atoms with Crippen LogP contribution in [0.4, 0.5) is 4.79 Å². The molecule has 0 spiro atoms. The number of carbonyl (C=O) groups is 1. The minimum absolute atomic E-state index is 0.00270. The van der Waals surface area contributed by atoms with Crippen molar-refractivity contribution in [2.75, 3.05) is 13.6 Å². The number of amides is 2. The van der Waals surface area contributed by atoms with Gasteiger partial charge in [0.2, 0.25) is 0 Å². The maximum atomic E-state index is 12.3. The van der Waals surface area contributed by atoms with E-state index in [0.717, 1.165) is 43.2 Å². The van der Waals surface area contributed by atoms with Gasteiger partial charge in [0.05, 0.1) is 13.1 Å². The second kappa shape index (κ2) is 6.14. The van der Waals surface area contributed by atoms with Gasteiger partial charge in [0.1, 0.15) is 17.7 Å². The van der Waals surface area contributed by atoms with Crippen LogP contribution in [0.15, 0.2) is 24.3 Å². The summed E-state index contributed by atoms with van der Waals surface area (Å²) in [6.07, 6.45) is 2.91. The van der Waals surface area contributed by atoms with Crippen LogP contribution in [0.2, 0.25) is 0 Å². The van der Waals surface area contributed by atoms with Gasteiger partial charge < -0.3 is 19.5 Å². The van der Waals surface area contributed by atoms with E-state index in [4.69, 9.17) is 4.74 Å². The van der Waals surface area contributed by atoms with Crippen LogP contribution in [0.5, 0.6) is 5.75 Å². The van der Waals surface area contributed by atoms with Gasteiger partial charge in [-0.3, -0.25) is 0 Å². The van der Waals surface area contributed by atoms with Crippen molar-refractivity contribution in [1.82, 2.24) is 25.0 Å². The average Bonchev–Trinajstić information content (AvgIpc) is 3.28. The largest absolute Gasteiger partial charge is 0.488 e. The van der Waals surface area contributed by atoms with Crippen molar-refractivity contribution in [2.45, 2.75) is 38.5 Å². The number of nitrogens with one attached hydrogen (secondary N) is 1. The van der Waals surface area contributed by atoms with Crippen LogP contribution >= 0.6 is 0 Å². The van der Waals surface area contributed by atoms with Crippen molar-refractivity contribution >= 4 is 6.03 Å². The van der Waals surface area contributed by atoms with Gasteiger partial charge in [0.25, 0.3) is 0 Å². The molecule has 2 amide bonds. The first-order chi connectivity index (χ1) is 11.7. The minimum Gasteiger partial charge on any atom is -0.488 e. The lowest BCUT2D eigenvalue weighted by Gasteiger charge is -2.19. The SMILES string of the molecule is CN(Cc1nnc2n1CCC2)C(=O)NC[C@H]1Cc2ccccc2O1. The number of hydrogen-bond donors (Lipinski definition) is 1. The van der Waals surface area contributed by atoms with E-state index in [9.17, 15) is 4.79 Å². The highest BCUT2D eigenvalue weighted by molar-refractivity contribution is 5.73. The molecule has 0 bridgehead atoms. The molecule has 2 aliphatic rings. The van der Waals surface area contributed by atoms with Crippen molar-refractivity contribution in [2.24, 2.45) is 0 Å². The number of ether oxygens (including phenoxy) is 1. The number of rotatable bonds is 4. The predicted molar refractivity (Wildman–Crippen MR) is 87.8 cm³/mol. The lowest BCUT2D eigenvalue weighted by Crippen LogP contribution is -2.42. The smallest absolute Gasteiger partial charge is 0.317 e. The normalized spacial score (nSPS) is 18.0. The summed E-state index contributed by atoms with van der Waals surface area (Å²) >= 11 is 0. The third-order valence-corrected chi connectivity index (χ3v) is 4.61. The Labute approximate surface area is 140 Å². The van der Waals surface area contributed by atoms with Crippen molar-refractivity contribution in [1.29, 1.82) is 0 Å². The van der Waals surface area contributed by atoms with E-state index in [1.54, 1.807) is 11.9 Å². The fourth-order valence-electron chi connectivity index (χ4n) is 3.32. The Morgan fingerprint density at radius 1 is 1.42 bits per heavy atom. The summed E-state index contributed by atoms with van der Waals surface area (Å²) < 4.78 is 7.96. The molecule has 1 aromatic carbocycles. The molecule has 0 unspecified atom stereocenters. The third-order valence-electron chi connectivity index (χ3n) is 4.61. The number of carbonyl (C=O) groups excluding carboxylic acids is 1. The highest BCUT2D eigenvalue weighted by atomic mass is 16.5. The van der Waals surface area contributed by atoms with E-state index in [1.807, 2.05) is 18.2 Å². The molecular weight excluding hydrogens is 306 g/mol. The molecule has 2 aromatic rings. The molecule has 1 aromatic heterocycles. The molecule has 0 aliphatic carbocycles. The Morgan fingerprint density at radius 3 is 3.17 bits per heavy atom. The summed E-state index contributed by atoms with van der Waals surface area (Å²) in [5, 5.41) is 11.3. The fraction of sp³-hybridized carbons (Fsp3) is 0.471. The van der Waals surface area contributed by atoms with E-state index < -0.39 is 0 Å². The molecule has 3 heterocycles. The summed E-state index contributed by atoms with van der Waals surface area (Å²) in [7, 11) is 1.77. The quantitative estimate of drug-likeness (QED) is 0.920. The predicted octanol–water partition coefficient (Wildman–Crippen LogP) is 1.37. The van der Waals surface area contributed by atoms with Crippen LogP contribution in [0.25, 0.3) is 0 Å². The summed E-state index contributed by atoms with van der Waals surface area (Å²) in [5.41, 5.74) is 1.20. The van der Waals surface area contributed by atoms with Crippen LogP contribution in [-0.4, -0.2) is 45.4 Å². The van der Waals surface area contributed by atoms with Crippen molar-refractivity contribution < 1.29 is 9.53 Å². The number of hydrogen-bond acceptors (Lipinski definition) is 4. The van der Waals surface area contributed by atoms with E-state index in [0.29, 0.717) is 13.1 Å². The Morgan fingerprint density at radius 2 is 2.29 bits per heavy atom. The van der Waals surface area contributed by atoms with Crippen LogP contribution in [0.3, 0.4) is 0 Å². The van der Waals surface area contributed by atoms with Gasteiger partial charge in [0, 0.05) is 26.4 Å². The molecule has 0 saturated heterocycles. The van der Waals surface area contributed by atoms with Crippen LogP contribution in [0.1, 0.15) is 23.6 Å². The lowest BCUT2D eigenvalue weighted by molar-refractivity contribution is 0.190. The first-order valence-electron chi connectivity index (χ1n) is 8.35. The highest BCUT2D eigenvalue weighted by Gasteiger charge is 2.24. The standard InChI is InChI=1S/C17H21N5O2/c1-21(11-16-20-19-15-7-4-8-22(15)16)17(23)18-10-13-9-12-5-2-3-6-14(12)24-13/h2-3,5-6,13H,4,7-11H2,1H3,(H,18,23)/t13-/m1/s1. The molecule has 7 nitrogen and oxygen atoms in total. The maximum absolute atomic E-state index is 12.3. The van der Waals surface area contributed by atoms with Gasteiger partial charge in [-0.2, -0.15) is 0 Å². The molecule has 0 fully saturated rings. The Kier molecular flexibility index (Phi) is 3.84. The number of para-hydroxylation sites is 1. The van der Waals surface area contributed by atoms with E-state index in [-0.39, 0.29) is 12.1 Å². The topological polar surface area (TPSA) is 72.3 Å². The number of aryl methyl sites for hydroxylation is 1. The summed E-state index contributed by atoms with van der Waals surface area (Å²) in [4.78, 5) is 13.9. The number of aromatic nitrogens is 3. The van der Waals surface area contributed by atoms with Gasteiger partial charge in [-0.05, 0) is 18.1 Å². The van der Waals surface area contributed by atoms with E-state index in [1.165, 1.54) is 5.56 Å². The molecule has 126 valence electrons. The van der Waals surface area contributed by atoms with Gasteiger partial charge in [-0.25, -0.2) is 4.79 Å². The molecule has 4 rings (SSSR count). The highest BCUT2D eigenvalue weighted by Crippen LogP contribution is 2.27. The fourth-order valence-corrected chi connectivity index (χ4v) is 3.32. The monoisotopic (exact) mass is 327 g/mol. The van der Waals surface area contributed by atoms with Gasteiger partial charge in [-0.15, -0.1) is 10.2 Å². The van der Waals surface area contributed by atoms with Crippen LogP contribution < -0.4 is 10.1 Å². The number of fused-ring (bicyclic) bond motifs is 2. The van der Waals surface area contributed by atoms with Crippen molar-refractivity contribution in [3.63, 3.8) is 0 Å². The zero-order valence-electron chi connectivity index (χ0n) is 13.7. The second-order valence-electron chi connectivity index (χ2n) is 6.38. The third kappa shape index (κ3) is 2.81. The zero-order chi connectivity index (χ0) is 16.5. The molecular formula is C17H21N5O2. The Balaban J connectivity index is 1.29.